The number of furan rings is 1. The molecule has 0 bridgehead atoms. The van der Waals surface area contributed by atoms with Gasteiger partial charge in [-0.15, -0.1) is 0 Å². The first kappa shape index (κ1) is 14.6. The molecule has 22 heavy (non-hydrogen) atoms. The van der Waals surface area contributed by atoms with Crippen LogP contribution in [0.3, 0.4) is 0 Å². The second-order valence-corrected chi connectivity index (χ2v) is 5.25. The molecule has 1 aliphatic heterocycles. The third kappa shape index (κ3) is 3.12. The molecular formula is C16H19N3O3. The molecule has 2 amide bonds. The first-order valence-corrected chi connectivity index (χ1v) is 7.33. The van der Waals surface area contributed by atoms with Crippen LogP contribution < -0.4 is 5.32 Å². The summed E-state index contributed by atoms with van der Waals surface area (Å²) in [6.07, 6.45) is 5.18. The number of amides is 2. The summed E-state index contributed by atoms with van der Waals surface area (Å²) < 4.78 is 10.8. The lowest BCUT2D eigenvalue weighted by Crippen LogP contribution is -2.34. The van der Waals surface area contributed by atoms with E-state index < -0.39 is 0 Å². The highest BCUT2D eigenvalue weighted by Crippen LogP contribution is 2.33. The van der Waals surface area contributed by atoms with Gasteiger partial charge in [-0.2, -0.15) is 0 Å². The topological polar surface area (TPSA) is 67.6 Å². The maximum atomic E-state index is 12.5. The van der Waals surface area contributed by atoms with Gasteiger partial charge in [0.15, 0.2) is 0 Å². The van der Waals surface area contributed by atoms with Gasteiger partial charge in [-0.05, 0) is 37.1 Å². The number of methoxy groups -OCH3 is 1. The molecule has 1 atom stereocenters. The Labute approximate surface area is 129 Å². The average Bonchev–Trinajstić information content (AvgIpc) is 3.17. The summed E-state index contributed by atoms with van der Waals surface area (Å²) in [5.74, 6) is 1.59. The highest BCUT2D eigenvalue weighted by Gasteiger charge is 2.32. The number of anilines is 1. The Kier molecular flexibility index (Phi) is 4.39. The molecular weight excluding hydrogens is 282 g/mol. The van der Waals surface area contributed by atoms with Gasteiger partial charge < -0.3 is 19.4 Å². The minimum absolute atomic E-state index is 0.0209. The number of carbonyl (C=O) groups is 1. The molecule has 6 heteroatoms. The van der Waals surface area contributed by atoms with E-state index in [0.717, 1.165) is 36.6 Å². The monoisotopic (exact) mass is 301 g/mol. The molecule has 1 fully saturated rings. The van der Waals surface area contributed by atoms with Gasteiger partial charge in [0.2, 0.25) is 0 Å². The SMILES string of the molecule is COCc1ccc(C2CCCN2C(=O)Nc2ccncc2)o1. The zero-order valence-corrected chi connectivity index (χ0v) is 12.5. The number of hydrogen-bond acceptors (Lipinski definition) is 4. The fourth-order valence-electron chi connectivity index (χ4n) is 2.73. The summed E-state index contributed by atoms with van der Waals surface area (Å²) in [5.41, 5.74) is 0.741. The Morgan fingerprint density at radius 2 is 2.23 bits per heavy atom. The van der Waals surface area contributed by atoms with Gasteiger partial charge in [0.05, 0.1) is 6.04 Å². The Balaban J connectivity index is 1.70. The van der Waals surface area contributed by atoms with Gasteiger partial charge in [-0.25, -0.2) is 4.79 Å². The Morgan fingerprint density at radius 1 is 1.41 bits per heavy atom. The summed E-state index contributed by atoms with van der Waals surface area (Å²) in [6, 6.07) is 7.23. The number of nitrogens with one attached hydrogen (secondary N) is 1. The lowest BCUT2D eigenvalue weighted by molar-refractivity contribution is 0.157. The van der Waals surface area contributed by atoms with Crippen molar-refractivity contribution in [2.24, 2.45) is 0 Å². The van der Waals surface area contributed by atoms with Crippen molar-refractivity contribution >= 4 is 11.7 Å². The van der Waals surface area contributed by atoms with Crippen molar-refractivity contribution < 1.29 is 13.9 Å². The van der Waals surface area contributed by atoms with Crippen LogP contribution in [0.4, 0.5) is 10.5 Å². The largest absolute Gasteiger partial charge is 0.461 e. The van der Waals surface area contributed by atoms with Gasteiger partial charge in [0.25, 0.3) is 0 Å². The molecule has 6 nitrogen and oxygen atoms in total. The molecule has 0 radical (unpaired) electrons. The number of rotatable bonds is 4. The van der Waals surface area contributed by atoms with Crippen molar-refractivity contribution in [1.82, 2.24) is 9.88 Å². The second-order valence-electron chi connectivity index (χ2n) is 5.25. The zero-order chi connectivity index (χ0) is 15.4. The van der Waals surface area contributed by atoms with Gasteiger partial charge >= 0.3 is 6.03 Å². The first-order chi connectivity index (χ1) is 10.8. The van der Waals surface area contributed by atoms with Crippen molar-refractivity contribution in [2.75, 3.05) is 19.0 Å². The number of hydrogen-bond donors (Lipinski definition) is 1. The smallest absolute Gasteiger partial charge is 0.322 e. The van der Waals surface area contributed by atoms with Crippen LogP contribution in [0.15, 0.2) is 41.1 Å². The third-order valence-corrected chi connectivity index (χ3v) is 3.74. The molecule has 116 valence electrons. The average molecular weight is 301 g/mol. The first-order valence-electron chi connectivity index (χ1n) is 7.33. The molecule has 0 spiro atoms. The summed E-state index contributed by atoms with van der Waals surface area (Å²) >= 11 is 0. The Bertz CT molecular complexity index is 627. The minimum Gasteiger partial charge on any atom is -0.461 e. The fourth-order valence-corrected chi connectivity index (χ4v) is 2.73. The van der Waals surface area contributed by atoms with Crippen LogP contribution in [0.25, 0.3) is 0 Å². The van der Waals surface area contributed by atoms with E-state index in [2.05, 4.69) is 10.3 Å². The van der Waals surface area contributed by atoms with Gasteiger partial charge in [0.1, 0.15) is 18.1 Å². The van der Waals surface area contributed by atoms with E-state index in [-0.39, 0.29) is 12.1 Å². The quantitative estimate of drug-likeness (QED) is 0.941. The number of nitrogens with zero attached hydrogens (tertiary/aromatic N) is 2. The number of likely N-dealkylation sites (tertiary alicyclic amines) is 1. The maximum absolute atomic E-state index is 12.5. The molecule has 3 rings (SSSR count). The van der Waals surface area contributed by atoms with Crippen LogP contribution in [0.5, 0.6) is 0 Å². The zero-order valence-electron chi connectivity index (χ0n) is 12.5. The Morgan fingerprint density at radius 3 is 3.00 bits per heavy atom. The van der Waals surface area contributed by atoms with Crippen LogP contribution in [0.1, 0.15) is 30.4 Å². The maximum Gasteiger partial charge on any atom is 0.322 e. The van der Waals surface area contributed by atoms with E-state index in [1.54, 1.807) is 31.6 Å². The van der Waals surface area contributed by atoms with Crippen molar-refractivity contribution in [3.05, 3.63) is 48.2 Å². The molecule has 1 unspecified atom stereocenters. The van der Waals surface area contributed by atoms with Gasteiger partial charge in [-0.1, -0.05) is 0 Å². The van der Waals surface area contributed by atoms with Crippen LogP contribution >= 0.6 is 0 Å². The van der Waals surface area contributed by atoms with E-state index >= 15 is 0 Å². The predicted octanol–water partition coefficient (Wildman–Crippen LogP) is 3.19. The normalized spacial score (nSPS) is 17.7. The highest BCUT2D eigenvalue weighted by atomic mass is 16.5. The van der Waals surface area contributed by atoms with Gasteiger partial charge in [-0.3, -0.25) is 4.98 Å². The molecule has 0 saturated carbocycles. The standard InChI is InChI=1S/C16H19N3O3/c1-21-11-13-4-5-15(22-13)14-3-2-10-19(14)16(20)18-12-6-8-17-9-7-12/h4-9,14H,2-3,10-11H2,1H3,(H,17,18,20). The number of aromatic nitrogens is 1. The van der Waals surface area contributed by atoms with Crippen molar-refractivity contribution in [2.45, 2.75) is 25.5 Å². The molecule has 2 aromatic rings. The number of pyridine rings is 1. The number of carbonyl (C=O) groups excluding carboxylic acids is 1. The molecule has 1 saturated heterocycles. The van der Waals surface area contributed by atoms with E-state index in [1.807, 2.05) is 17.0 Å². The molecule has 0 aliphatic carbocycles. The highest BCUT2D eigenvalue weighted by molar-refractivity contribution is 5.89. The van der Waals surface area contributed by atoms with Crippen LogP contribution in [-0.2, 0) is 11.3 Å². The molecule has 2 aromatic heterocycles. The molecule has 3 heterocycles. The molecule has 1 aliphatic rings. The van der Waals surface area contributed by atoms with E-state index in [4.69, 9.17) is 9.15 Å². The van der Waals surface area contributed by atoms with Crippen molar-refractivity contribution in [3.8, 4) is 0 Å². The van der Waals surface area contributed by atoms with E-state index in [9.17, 15) is 4.79 Å². The van der Waals surface area contributed by atoms with Crippen LogP contribution in [0, 0.1) is 0 Å². The second kappa shape index (κ2) is 6.62. The van der Waals surface area contributed by atoms with Gasteiger partial charge in [0, 0.05) is 31.7 Å². The van der Waals surface area contributed by atoms with E-state index in [0.29, 0.717) is 6.61 Å². The predicted molar refractivity (Wildman–Crippen MR) is 81.4 cm³/mol. The summed E-state index contributed by atoms with van der Waals surface area (Å²) in [4.78, 5) is 18.2. The number of urea groups is 1. The lowest BCUT2D eigenvalue weighted by Gasteiger charge is -2.23. The van der Waals surface area contributed by atoms with Crippen LogP contribution in [0.2, 0.25) is 0 Å². The summed E-state index contributed by atoms with van der Waals surface area (Å²) in [6.45, 7) is 1.16. The minimum atomic E-state index is -0.113. The fraction of sp³-hybridized carbons (Fsp3) is 0.375. The number of ether oxygens (including phenoxy) is 1. The summed E-state index contributed by atoms with van der Waals surface area (Å²) in [7, 11) is 1.63. The molecule has 0 aromatic carbocycles. The molecule has 1 N–H and O–H groups in total. The van der Waals surface area contributed by atoms with Crippen molar-refractivity contribution in [1.29, 1.82) is 0 Å². The van der Waals surface area contributed by atoms with Crippen LogP contribution in [-0.4, -0.2) is 29.6 Å². The van der Waals surface area contributed by atoms with Crippen molar-refractivity contribution in [3.63, 3.8) is 0 Å². The lowest BCUT2D eigenvalue weighted by atomic mass is 10.2. The third-order valence-electron chi connectivity index (χ3n) is 3.74. The van der Waals surface area contributed by atoms with E-state index in [1.165, 1.54) is 0 Å². The Hall–Kier alpha value is -2.34. The summed E-state index contributed by atoms with van der Waals surface area (Å²) in [5, 5.41) is 2.90.